The quantitative estimate of drug-likeness (QED) is 0.151. The first-order chi connectivity index (χ1) is 16.9. The van der Waals surface area contributed by atoms with E-state index in [1.807, 2.05) is 0 Å². The number of aromatic hydroxyl groups is 5. The molecule has 196 valence electrons. The topological polar surface area (TPSA) is 201 Å². The minimum absolute atomic E-state index is 0.109. The number of hydrogen-bond acceptors (Lipinski definition) is 12. The summed E-state index contributed by atoms with van der Waals surface area (Å²) in [5.74, 6) is -8.50. The Kier molecular flexibility index (Phi) is 6.33. The van der Waals surface area contributed by atoms with Crippen LogP contribution in [0.5, 0.6) is 40.2 Å². The first kappa shape index (κ1) is 25.6. The van der Waals surface area contributed by atoms with Crippen LogP contribution in [0, 0.1) is 5.92 Å². The zero-order valence-electron chi connectivity index (χ0n) is 19.7. The second kappa shape index (κ2) is 8.89. The number of benzene rings is 2. The van der Waals surface area contributed by atoms with Crippen LogP contribution in [0.4, 0.5) is 0 Å². The van der Waals surface area contributed by atoms with Gasteiger partial charge in [0.15, 0.2) is 28.6 Å². The average Bonchev–Trinajstić information content (AvgIpc) is 3.13. The number of phenolic OH excluding ortho intramolecular Hbond substituents is 5. The van der Waals surface area contributed by atoms with E-state index < -0.39 is 51.8 Å². The van der Waals surface area contributed by atoms with Gasteiger partial charge in [-0.1, -0.05) is 0 Å². The minimum atomic E-state index is -2.77. The second-order valence-electron chi connectivity index (χ2n) is 9.23. The standard InChI is InChI=1S/C24H29NO11/c1-35-15-7-11-9-23(32,22(31)13(11)8-16(15)36-2)24(33,34)12-3-5-25(6-4-12)10-14-17(26)19(28)21(30)20(29)18(14)27/h7-8,12,26-30,32-34H,3-6,9-10H2,1-2H3. The molecule has 12 heteroatoms. The maximum Gasteiger partial charge on any atom is 0.208 e. The number of nitrogens with zero attached hydrogens (tertiary/aromatic N) is 1. The molecule has 1 aliphatic carbocycles. The highest BCUT2D eigenvalue weighted by Crippen LogP contribution is 2.51. The first-order valence-electron chi connectivity index (χ1n) is 11.2. The molecule has 0 saturated carbocycles. The highest BCUT2D eigenvalue weighted by atomic mass is 16.5. The molecule has 4 rings (SSSR count). The van der Waals surface area contributed by atoms with E-state index in [-0.39, 0.29) is 55.8 Å². The lowest BCUT2D eigenvalue weighted by molar-refractivity contribution is -0.287. The van der Waals surface area contributed by atoms with Crippen LogP contribution in [0.3, 0.4) is 0 Å². The van der Waals surface area contributed by atoms with Crippen molar-refractivity contribution < 1.29 is 55.1 Å². The predicted octanol–water partition coefficient (Wildman–Crippen LogP) is 0.295. The van der Waals surface area contributed by atoms with Gasteiger partial charge in [0.25, 0.3) is 0 Å². The van der Waals surface area contributed by atoms with Gasteiger partial charge in [-0.25, -0.2) is 0 Å². The van der Waals surface area contributed by atoms with Gasteiger partial charge in [0, 0.05) is 24.4 Å². The van der Waals surface area contributed by atoms with E-state index in [9.17, 15) is 45.6 Å². The summed E-state index contributed by atoms with van der Waals surface area (Å²) in [6, 6.07) is 2.92. The van der Waals surface area contributed by atoms with Crippen LogP contribution in [0.2, 0.25) is 0 Å². The lowest BCUT2D eigenvalue weighted by atomic mass is 9.76. The Bertz CT molecular complexity index is 1170. The van der Waals surface area contributed by atoms with Crippen molar-refractivity contribution in [1.29, 1.82) is 0 Å². The third kappa shape index (κ3) is 3.73. The van der Waals surface area contributed by atoms with E-state index in [4.69, 9.17) is 9.47 Å². The summed E-state index contributed by atoms with van der Waals surface area (Å²) in [4.78, 5) is 14.8. The van der Waals surface area contributed by atoms with Crippen LogP contribution in [-0.4, -0.2) is 90.2 Å². The molecular weight excluding hydrogens is 478 g/mol. The lowest BCUT2D eigenvalue weighted by Crippen LogP contribution is -2.63. The van der Waals surface area contributed by atoms with E-state index in [1.54, 1.807) is 4.90 Å². The van der Waals surface area contributed by atoms with Gasteiger partial charge in [0.1, 0.15) is 0 Å². The zero-order chi connectivity index (χ0) is 26.6. The number of ketones is 1. The second-order valence-corrected chi connectivity index (χ2v) is 9.23. The van der Waals surface area contributed by atoms with Crippen LogP contribution < -0.4 is 9.47 Å². The number of carbonyl (C=O) groups excluding carboxylic acids is 1. The SMILES string of the molecule is COc1cc2c(cc1OC)C(=O)C(O)(C(O)(O)C1CCN(Cc3c(O)c(O)c(O)c(O)c3O)CC1)C2. The molecule has 0 aromatic heterocycles. The molecule has 1 fully saturated rings. The monoisotopic (exact) mass is 507 g/mol. The van der Waals surface area contributed by atoms with E-state index in [0.717, 1.165) is 0 Å². The molecule has 1 atom stereocenters. The Morgan fingerprint density at radius 3 is 1.94 bits per heavy atom. The van der Waals surface area contributed by atoms with E-state index >= 15 is 0 Å². The largest absolute Gasteiger partial charge is 0.504 e. The molecule has 1 unspecified atom stereocenters. The molecule has 0 bridgehead atoms. The number of carbonyl (C=O) groups is 1. The van der Waals surface area contributed by atoms with Gasteiger partial charge in [-0.15, -0.1) is 0 Å². The molecule has 0 radical (unpaired) electrons. The molecule has 1 aliphatic heterocycles. The fourth-order valence-electron chi connectivity index (χ4n) is 5.09. The minimum Gasteiger partial charge on any atom is -0.504 e. The predicted molar refractivity (Wildman–Crippen MR) is 122 cm³/mol. The van der Waals surface area contributed by atoms with Crippen molar-refractivity contribution in [3.05, 3.63) is 28.8 Å². The Balaban J connectivity index is 1.51. The van der Waals surface area contributed by atoms with E-state index in [1.165, 1.54) is 26.4 Å². The average molecular weight is 507 g/mol. The van der Waals surface area contributed by atoms with Crippen LogP contribution in [-0.2, 0) is 13.0 Å². The summed E-state index contributed by atoms with van der Waals surface area (Å²) < 4.78 is 10.4. The van der Waals surface area contributed by atoms with Gasteiger partial charge < -0.3 is 50.3 Å². The fourth-order valence-corrected chi connectivity index (χ4v) is 5.09. The van der Waals surface area contributed by atoms with Crippen LogP contribution in [0.15, 0.2) is 12.1 Å². The molecule has 2 aromatic carbocycles. The molecule has 0 amide bonds. The number of hydrogen-bond donors (Lipinski definition) is 8. The molecule has 1 saturated heterocycles. The number of aliphatic hydroxyl groups is 3. The van der Waals surface area contributed by atoms with Crippen LogP contribution >= 0.6 is 0 Å². The lowest BCUT2D eigenvalue weighted by Gasteiger charge is -2.44. The normalized spacial score (nSPS) is 21.0. The van der Waals surface area contributed by atoms with Crippen molar-refractivity contribution in [2.24, 2.45) is 5.92 Å². The molecule has 2 aromatic rings. The van der Waals surface area contributed by atoms with E-state index in [2.05, 4.69) is 0 Å². The summed E-state index contributed by atoms with van der Waals surface area (Å²) in [7, 11) is 2.82. The van der Waals surface area contributed by atoms with Gasteiger partial charge in [-0.05, 0) is 43.6 Å². The van der Waals surface area contributed by atoms with Gasteiger partial charge in [-0.2, -0.15) is 0 Å². The fraction of sp³-hybridized carbons (Fsp3) is 0.458. The maximum atomic E-state index is 13.1. The summed E-state index contributed by atoms with van der Waals surface area (Å²) in [5, 5.41) is 82.7. The van der Waals surface area contributed by atoms with Crippen molar-refractivity contribution >= 4 is 5.78 Å². The van der Waals surface area contributed by atoms with Crippen LogP contribution in [0.1, 0.15) is 34.3 Å². The van der Waals surface area contributed by atoms with Gasteiger partial charge >= 0.3 is 0 Å². The summed E-state index contributed by atoms with van der Waals surface area (Å²) in [5.41, 5.74) is -2.21. The maximum absolute atomic E-state index is 13.1. The number of Topliss-reactive ketones (excluding diaryl/α,β-unsaturated/α-hetero) is 1. The summed E-state index contributed by atoms with van der Waals surface area (Å²) in [6.07, 6.45) is -0.0746. The Labute approximate surface area is 205 Å². The zero-order valence-corrected chi connectivity index (χ0v) is 19.7. The smallest absolute Gasteiger partial charge is 0.208 e. The van der Waals surface area contributed by atoms with Gasteiger partial charge in [-0.3, -0.25) is 9.69 Å². The summed E-state index contributed by atoms with van der Waals surface area (Å²) in [6.45, 7) is 0.269. The molecular formula is C24H29NO11. The molecule has 0 spiro atoms. The van der Waals surface area contributed by atoms with E-state index in [0.29, 0.717) is 11.3 Å². The molecule has 8 N–H and O–H groups in total. The summed E-state index contributed by atoms with van der Waals surface area (Å²) >= 11 is 0. The van der Waals surface area contributed by atoms with Crippen molar-refractivity contribution in [2.75, 3.05) is 27.3 Å². The third-order valence-corrected chi connectivity index (χ3v) is 7.29. The molecule has 12 nitrogen and oxygen atoms in total. The highest BCUT2D eigenvalue weighted by molar-refractivity contribution is 6.08. The van der Waals surface area contributed by atoms with Crippen molar-refractivity contribution in [1.82, 2.24) is 4.90 Å². The number of ether oxygens (including phenoxy) is 2. The molecule has 2 aliphatic rings. The van der Waals surface area contributed by atoms with Gasteiger partial charge in [0.2, 0.25) is 28.8 Å². The number of rotatable bonds is 6. The van der Waals surface area contributed by atoms with Gasteiger partial charge in [0.05, 0.1) is 19.8 Å². The number of piperidine rings is 1. The highest BCUT2D eigenvalue weighted by Gasteiger charge is 2.61. The number of likely N-dealkylation sites (tertiary alicyclic amines) is 1. The van der Waals surface area contributed by atoms with Crippen LogP contribution in [0.25, 0.3) is 0 Å². The third-order valence-electron chi connectivity index (χ3n) is 7.29. The van der Waals surface area contributed by atoms with Crippen molar-refractivity contribution in [2.45, 2.75) is 37.2 Å². The molecule has 36 heavy (non-hydrogen) atoms. The number of phenols is 5. The number of fused-ring (bicyclic) bond motifs is 1. The van der Waals surface area contributed by atoms with Crippen molar-refractivity contribution in [3.63, 3.8) is 0 Å². The Morgan fingerprint density at radius 1 is 0.917 bits per heavy atom. The first-order valence-corrected chi connectivity index (χ1v) is 11.2. The Hall–Kier alpha value is -3.45. The molecule has 1 heterocycles. The Morgan fingerprint density at radius 2 is 1.42 bits per heavy atom. The number of methoxy groups -OCH3 is 2. The van der Waals surface area contributed by atoms with Crippen molar-refractivity contribution in [3.8, 4) is 40.2 Å².